The van der Waals surface area contributed by atoms with Crippen LogP contribution in [0.5, 0.6) is 0 Å². The van der Waals surface area contributed by atoms with Crippen LogP contribution in [0.2, 0.25) is 0 Å². The molecule has 0 saturated carbocycles. The summed E-state index contributed by atoms with van der Waals surface area (Å²) < 4.78 is 0. The zero-order valence-electron chi connectivity index (χ0n) is 9.33. The Labute approximate surface area is 99.1 Å². The van der Waals surface area contributed by atoms with Crippen molar-refractivity contribution in [2.45, 2.75) is 0 Å². The van der Waals surface area contributed by atoms with Crippen LogP contribution in [-0.2, 0) is 0 Å². The highest BCUT2D eigenvalue weighted by atomic mass is 15.2. The Bertz CT molecular complexity index is 556. The van der Waals surface area contributed by atoms with Crippen molar-refractivity contribution in [3.8, 4) is 6.07 Å². The van der Waals surface area contributed by atoms with Gasteiger partial charge in [0.25, 0.3) is 0 Å². The third-order valence-corrected chi connectivity index (χ3v) is 2.42. The van der Waals surface area contributed by atoms with Crippen molar-refractivity contribution in [1.29, 1.82) is 5.26 Å². The number of hydrogen-bond donors (Lipinski definition) is 1. The van der Waals surface area contributed by atoms with E-state index in [1.807, 2.05) is 24.1 Å². The molecule has 0 radical (unpaired) electrons. The number of anilines is 3. The number of hydrogen-bond acceptors (Lipinski definition) is 5. The number of rotatable bonds is 2. The monoisotopic (exact) mass is 225 g/mol. The van der Waals surface area contributed by atoms with Gasteiger partial charge < -0.3 is 10.6 Å². The van der Waals surface area contributed by atoms with E-state index in [4.69, 9.17) is 11.0 Å². The van der Waals surface area contributed by atoms with Crippen molar-refractivity contribution in [3.63, 3.8) is 0 Å². The Morgan fingerprint density at radius 3 is 2.59 bits per heavy atom. The summed E-state index contributed by atoms with van der Waals surface area (Å²) in [4.78, 5) is 9.81. The van der Waals surface area contributed by atoms with Gasteiger partial charge in [-0.15, -0.1) is 0 Å². The van der Waals surface area contributed by atoms with E-state index in [9.17, 15) is 0 Å². The van der Waals surface area contributed by atoms with Gasteiger partial charge in [0.2, 0.25) is 0 Å². The van der Waals surface area contributed by atoms with E-state index in [2.05, 4.69) is 16.0 Å². The molecular weight excluding hydrogens is 214 g/mol. The summed E-state index contributed by atoms with van der Waals surface area (Å²) in [7, 11) is 1.86. The summed E-state index contributed by atoms with van der Waals surface area (Å²) >= 11 is 0. The first-order valence-corrected chi connectivity index (χ1v) is 5.01. The van der Waals surface area contributed by atoms with Crippen LogP contribution in [0.1, 0.15) is 5.56 Å². The third kappa shape index (κ3) is 2.16. The molecule has 0 bridgehead atoms. The Morgan fingerprint density at radius 2 is 2.00 bits per heavy atom. The maximum absolute atomic E-state index is 8.72. The van der Waals surface area contributed by atoms with Crippen molar-refractivity contribution >= 4 is 17.2 Å². The molecule has 5 nitrogen and oxygen atoms in total. The van der Waals surface area contributed by atoms with Crippen LogP contribution in [0.25, 0.3) is 0 Å². The summed E-state index contributed by atoms with van der Waals surface area (Å²) in [6, 6.07) is 9.28. The van der Waals surface area contributed by atoms with E-state index in [1.54, 1.807) is 18.3 Å². The molecule has 2 rings (SSSR count). The highest BCUT2D eigenvalue weighted by Gasteiger charge is 2.08. The van der Waals surface area contributed by atoms with Gasteiger partial charge in [-0.1, -0.05) is 0 Å². The van der Waals surface area contributed by atoms with Gasteiger partial charge >= 0.3 is 0 Å². The zero-order valence-corrected chi connectivity index (χ0v) is 9.33. The van der Waals surface area contributed by atoms with Crippen LogP contribution < -0.4 is 10.6 Å². The molecule has 0 fully saturated rings. The second kappa shape index (κ2) is 4.49. The number of benzene rings is 1. The molecule has 0 amide bonds. The summed E-state index contributed by atoms with van der Waals surface area (Å²) in [6.45, 7) is 0. The summed E-state index contributed by atoms with van der Waals surface area (Å²) in [5, 5.41) is 8.72. The Morgan fingerprint density at radius 1 is 1.29 bits per heavy atom. The molecule has 0 unspecified atom stereocenters. The molecule has 0 saturated heterocycles. The minimum atomic E-state index is 0.513. The number of nitrogen functional groups attached to an aromatic ring is 1. The van der Waals surface area contributed by atoms with Crippen LogP contribution in [0.15, 0.2) is 36.8 Å². The van der Waals surface area contributed by atoms with Gasteiger partial charge in [-0.2, -0.15) is 5.26 Å². The van der Waals surface area contributed by atoms with Crippen molar-refractivity contribution in [1.82, 2.24) is 9.97 Å². The van der Waals surface area contributed by atoms with Gasteiger partial charge in [-0.05, 0) is 24.3 Å². The molecule has 2 N–H and O–H groups in total. The molecule has 0 aliphatic carbocycles. The maximum atomic E-state index is 8.72. The van der Waals surface area contributed by atoms with Gasteiger partial charge in [0.15, 0.2) is 5.82 Å². The average Bonchev–Trinajstić information content (AvgIpc) is 2.39. The number of nitrogens with two attached hydrogens (primary N) is 1. The van der Waals surface area contributed by atoms with E-state index >= 15 is 0 Å². The minimum absolute atomic E-state index is 0.513. The highest BCUT2D eigenvalue weighted by Crippen LogP contribution is 2.25. The second-order valence-corrected chi connectivity index (χ2v) is 3.52. The van der Waals surface area contributed by atoms with E-state index in [0.717, 1.165) is 5.69 Å². The number of nitriles is 1. The molecule has 84 valence electrons. The number of aromatic nitrogens is 2. The predicted molar refractivity (Wildman–Crippen MR) is 65.7 cm³/mol. The Kier molecular flexibility index (Phi) is 2.88. The largest absolute Gasteiger partial charge is 0.394 e. The number of nitrogens with zero attached hydrogens (tertiary/aromatic N) is 4. The second-order valence-electron chi connectivity index (χ2n) is 3.52. The van der Waals surface area contributed by atoms with E-state index in [1.165, 1.54) is 6.33 Å². The van der Waals surface area contributed by atoms with Crippen LogP contribution in [0, 0.1) is 11.3 Å². The molecule has 0 spiro atoms. The van der Waals surface area contributed by atoms with Gasteiger partial charge in [0, 0.05) is 12.7 Å². The van der Waals surface area contributed by atoms with Crippen molar-refractivity contribution in [3.05, 3.63) is 42.4 Å². The summed E-state index contributed by atoms with van der Waals surface area (Å²) in [5.74, 6) is 0.643. The lowest BCUT2D eigenvalue weighted by Crippen LogP contribution is -2.13. The normalized spacial score (nSPS) is 9.65. The van der Waals surface area contributed by atoms with E-state index < -0.39 is 0 Å². The molecule has 0 atom stereocenters. The molecule has 2 aromatic rings. The highest BCUT2D eigenvalue weighted by molar-refractivity contribution is 5.69. The lowest BCUT2D eigenvalue weighted by atomic mass is 10.2. The van der Waals surface area contributed by atoms with Crippen LogP contribution in [0.3, 0.4) is 0 Å². The first kappa shape index (κ1) is 10.9. The first-order chi connectivity index (χ1) is 8.22. The van der Waals surface area contributed by atoms with Crippen LogP contribution in [0.4, 0.5) is 17.2 Å². The molecule has 1 aromatic heterocycles. The lowest BCUT2D eigenvalue weighted by Gasteiger charge is -2.19. The fourth-order valence-electron chi connectivity index (χ4n) is 1.50. The van der Waals surface area contributed by atoms with Crippen LogP contribution in [-0.4, -0.2) is 17.0 Å². The quantitative estimate of drug-likeness (QED) is 0.841. The smallest absolute Gasteiger partial charge is 0.159 e. The van der Waals surface area contributed by atoms with Gasteiger partial charge in [0.1, 0.15) is 6.33 Å². The third-order valence-electron chi connectivity index (χ3n) is 2.42. The molecule has 0 aliphatic heterocycles. The topological polar surface area (TPSA) is 78.8 Å². The summed E-state index contributed by atoms with van der Waals surface area (Å²) in [6.07, 6.45) is 3.01. The Hall–Kier alpha value is -2.61. The van der Waals surface area contributed by atoms with Gasteiger partial charge in [0.05, 0.1) is 23.5 Å². The predicted octanol–water partition coefficient (Wildman–Crippen LogP) is 1.70. The molecule has 0 aliphatic rings. The van der Waals surface area contributed by atoms with E-state index in [0.29, 0.717) is 17.1 Å². The Balaban J connectivity index is 2.34. The van der Waals surface area contributed by atoms with Crippen molar-refractivity contribution in [2.75, 3.05) is 17.7 Å². The molecule has 1 aromatic carbocycles. The fourth-order valence-corrected chi connectivity index (χ4v) is 1.50. The molecule has 5 heteroatoms. The van der Waals surface area contributed by atoms with E-state index in [-0.39, 0.29) is 0 Å². The van der Waals surface area contributed by atoms with Crippen molar-refractivity contribution < 1.29 is 0 Å². The zero-order chi connectivity index (χ0) is 12.3. The summed E-state index contributed by atoms with van der Waals surface area (Å²) in [5.41, 5.74) is 7.84. The van der Waals surface area contributed by atoms with Crippen LogP contribution >= 0.6 is 0 Å². The first-order valence-electron chi connectivity index (χ1n) is 5.01. The molecular formula is C12H11N5. The fraction of sp³-hybridized carbons (Fsp3) is 0.0833. The van der Waals surface area contributed by atoms with Gasteiger partial charge in [-0.25, -0.2) is 9.97 Å². The minimum Gasteiger partial charge on any atom is -0.394 e. The maximum Gasteiger partial charge on any atom is 0.159 e. The standard InChI is InChI=1S/C12H11N5/c1-17(12-11(14)7-15-8-16-12)10-4-2-9(6-13)3-5-10/h2-5,7-8H,14H2,1H3. The lowest BCUT2D eigenvalue weighted by molar-refractivity contribution is 1.08. The van der Waals surface area contributed by atoms with Gasteiger partial charge in [-0.3, -0.25) is 0 Å². The van der Waals surface area contributed by atoms with Crippen molar-refractivity contribution in [2.24, 2.45) is 0 Å². The molecule has 17 heavy (non-hydrogen) atoms. The molecule has 1 heterocycles. The SMILES string of the molecule is CN(c1ccc(C#N)cc1)c1ncncc1N. The average molecular weight is 225 g/mol.